The molecule has 1 atom stereocenters. The summed E-state index contributed by atoms with van der Waals surface area (Å²) in [5.74, 6) is 2.22. The van der Waals surface area contributed by atoms with Gasteiger partial charge in [0.1, 0.15) is 17.2 Å². The first kappa shape index (κ1) is 23.3. The molecule has 0 aromatic heterocycles. The van der Waals surface area contributed by atoms with Gasteiger partial charge >= 0.3 is 0 Å². The van der Waals surface area contributed by atoms with Crippen LogP contribution in [0.15, 0.2) is 18.2 Å². The van der Waals surface area contributed by atoms with Crippen LogP contribution in [0.3, 0.4) is 0 Å². The van der Waals surface area contributed by atoms with Crippen molar-refractivity contribution in [2.75, 3.05) is 47.6 Å². The van der Waals surface area contributed by atoms with E-state index in [4.69, 9.17) is 24.7 Å². The lowest BCUT2D eigenvalue weighted by molar-refractivity contribution is -0.133. The molecule has 2 rings (SSSR count). The minimum Gasteiger partial charge on any atom is -0.496 e. The van der Waals surface area contributed by atoms with Crippen LogP contribution < -0.4 is 19.9 Å². The molecule has 0 radical (unpaired) electrons. The van der Waals surface area contributed by atoms with Crippen LogP contribution in [-0.2, 0) is 9.53 Å². The molecule has 7 nitrogen and oxygen atoms in total. The molecule has 1 unspecified atom stereocenters. The largest absolute Gasteiger partial charge is 0.496 e. The Hall–Kier alpha value is -1.70. The monoisotopic (exact) mass is 402 g/mol. The standard InChI is InChI=1S/C19H30N2O5.ClH/c1-21(19(22)18(20)14-5-9-25-10-6-14)7-4-8-26-17-12-15(23-2)11-16(13-17)24-3;/h11-14,18H,4-10,20H2,1-3H3;1H. The topological polar surface area (TPSA) is 83.2 Å². The molecule has 1 aromatic rings. The summed E-state index contributed by atoms with van der Waals surface area (Å²) in [5, 5.41) is 0. The molecule has 0 aliphatic carbocycles. The highest BCUT2D eigenvalue weighted by Gasteiger charge is 2.28. The molecule has 27 heavy (non-hydrogen) atoms. The Kier molecular flexibility index (Phi) is 10.3. The molecule has 0 saturated carbocycles. The van der Waals surface area contributed by atoms with E-state index >= 15 is 0 Å². The van der Waals surface area contributed by atoms with Crippen LogP contribution in [0.4, 0.5) is 0 Å². The molecule has 1 aliphatic rings. The highest BCUT2D eigenvalue weighted by molar-refractivity contribution is 5.85. The number of benzene rings is 1. The number of nitrogens with two attached hydrogens (primary N) is 1. The maximum atomic E-state index is 12.5. The average Bonchev–Trinajstić information content (AvgIpc) is 2.70. The van der Waals surface area contributed by atoms with Crippen molar-refractivity contribution in [3.63, 3.8) is 0 Å². The number of carbonyl (C=O) groups excluding carboxylic acids is 1. The number of nitrogens with zero attached hydrogens (tertiary/aromatic N) is 1. The second-order valence-electron chi connectivity index (χ2n) is 6.49. The van der Waals surface area contributed by atoms with E-state index in [1.54, 1.807) is 44.4 Å². The van der Waals surface area contributed by atoms with Crippen molar-refractivity contribution < 1.29 is 23.7 Å². The molecule has 154 valence electrons. The Labute approximate surface area is 167 Å². The minimum absolute atomic E-state index is 0. The Morgan fingerprint density at radius 1 is 1.19 bits per heavy atom. The number of amides is 1. The summed E-state index contributed by atoms with van der Waals surface area (Å²) in [6, 6.07) is 4.95. The van der Waals surface area contributed by atoms with Crippen LogP contribution in [0.2, 0.25) is 0 Å². The Balaban J connectivity index is 0.00000364. The van der Waals surface area contributed by atoms with Crippen molar-refractivity contribution in [1.29, 1.82) is 0 Å². The fourth-order valence-corrected chi connectivity index (χ4v) is 3.00. The highest BCUT2D eigenvalue weighted by atomic mass is 35.5. The van der Waals surface area contributed by atoms with E-state index in [0.29, 0.717) is 50.0 Å². The number of hydrogen-bond donors (Lipinski definition) is 1. The van der Waals surface area contributed by atoms with Gasteiger partial charge in [0.05, 0.1) is 26.9 Å². The SMILES string of the molecule is COc1cc(OC)cc(OCCCN(C)C(=O)C(N)C2CCOCC2)c1.Cl. The number of rotatable bonds is 9. The first-order chi connectivity index (χ1) is 12.5. The maximum absolute atomic E-state index is 12.5. The molecule has 1 aliphatic heterocycles. The van der Waals surface area contributed by atoms with Gasteiger partial charge in [-0.3, -0.25) is 4.79 Å². The molecular formula is C19H31ClN2O5. The summed E-state index contributed by atoms with van der Waals surface area (Å²) in [5.41, 5.74) is 6.15. The van der Waals surface area contributed by atoms with Crippen LogP contribution in [-0.4, -0.2) is 64.5 Å². The molecule has 1 heterocycles. The van der Waals surface area contributed by atoms with E-state index < -0.39 is 6.04 Å². The lowest BCUT2D eigenvalue weighted by Gasteiger charge is -2.29. The number of carbonyl (C=O) groups is 1. The van der Waals surface area contributed by atoms with E-state index in [1.165, 1.54) is 0 Å². The predicted molar refractivity (Wildman–Crippen MR) is 106 cm³/mol. The van der Waals surface area contributed by atoms with Gasteiger partial charge < -0.3 is 29.6 Å². The molecule has 8 heteroatoms. The minimum atomic E-state index is -0.451. The van der Waals surface area contributed by atoms with Crippen molar-refractivity contribution in [1.82, 2.24) is 4.90 Å². The molecule has 0 spiro atoms. The summed E-state index contributed by atoms with van der Waals surface area (Å²) < 4.78 is 21.5. The Morgan fingerprint density at radius 3 is 2.30 bits per heavy atom. The van der Waals surface area contributed by atoms with Gasteiger partial charge in [-0.2, -0.15) is 0 Å². The molecular weight excluding hydrogens is 372 g/mol. The number of hydrogen-bond acceptors (Lipinski definition) is 6. The number of halogens is 1. The van der Waals surface area contributed by atoms with Gasteiger partial charge in [-0.15, -0.1) is 12.4 Å². The maximum Gasteiger partial charge on any atom is 0.239 e. The van der Waals surface area contributed by atoms with Crippen molar-refractivity contribution in [2.24, 2.45) is 11.7 Å². The van der Waals surface area contributed by atoms with Crippen molar-refractivity contribution in [2.45, 2.75) is 25.3 Å². The van der Waals surface area contributed by atoms with Gasteiger partial charge in [-0.05, 0) is 25.2 Å². The third-order valence-corrected chi connectivity index (χ3v) is 4.67. The quantitative estimate of drug-likeness (QED) is 0.637. The van der Waals surface area contributed by atoms with E-state index in [1.807, 2.05) is 0 Å². The summed E-state index contributed by atoms with van der Waals surface area (Å²) in [7, 11) is 4.98. The smallest absolute Gasteiger partial charge is 0.239 e. The summed E-state index contributed by atoms with van der Waals surface area (Å²) >= 11 is 0. The van der Waals surface area contributed by atoms with Crippen molar-refractivity contribution in [3.05, 3.63) is 18.2 Å². The van der Waals surface area contributed by atoms with Crippen LogP contribution in [0.25, 0.3) is 0 Å². The first-order valence-electron chi connectivity index (χ1n) is 8.99. The third kappa shape index (κ3) is 7.08. The van der Waals surface area contributed by atoms with E-state index in [-0.39, 0.29) is 24.2 Å². The zero-order chi connectivity index (χ0) is 18.9. The van der Waals surface area contributed by atoms with Crippen LogP contribution in [0.5, 0.6) is 17.2 Å². The Bertz CT molecular complexity index is 559. The van der Waals surface area contributed by atoms with Gasteiger partial charge in [0.2, 0.25) is 5.91 Å². The zero-order valence-corrected chi connectivity index (χ0v) is 17.1. The summed E-state index contributed by atoms with van der Waals surface area (Å²) in [4.78, 5) is 14.1. The summed E-state index contributed by atoms with van der Waals surface area (Å²) in [6.45, 7) is 2.46. The molecule has 1 aromatic carbocycles. The van der Waals surface area contributed by atoms with Gasteiger partial charge in [-0.1, -0.05) is 0 Å². The predicted octanol–water partition coefficient (Wildman–Crippen LogP) is 2.11. The van der Waals surface area contributed by atoms with Gasteiger partial charge in [0.15, 0.2) is 0 Å². The summed E-state index contributed by atoms with van der Waals surface area (Å²) in [6.07, 6.45) is 2.41. The lowest BCUT2D eigenvalue weighted by Crippen LogP contribution is -2.48. The van der Waals surface area contributed by atoms with Crippen LogP contribution in [0, 0.1) is 5.92 Å². The second-order valence-corrected chi connectivity index (χ2v) is 6.49. The van der Waals surface area contributed by atoms with Gasteiger partial charge in [-0.25, -0.2) is 0 Å². The number of methoxy groups -OCH3 is 2. The molecule has 1 amide bonds. The first-order valence-corrected chi connectivity index (χ1v) is 8.99. The fourth-order valence-electron chi connectivity index (χ4n) is 3.00. The highest BCUT2D eigenvalue weighted by Crippen LogP contribution is 2.27. The van der Waals surface area contributed by atoms with E-state index in [2.05, 4.69) is 0 Å². The van der Waals surface area contributed by atoms with E-state index in [0.717, 1.165) is 12.8 Å². The molecule has 1 fully saturated rings. The van der Waals surface area contributed by atoms with Crippen molar-refractivity contribution >= 4 is 18.3 Å². The number of ether oxygens (including phenoxy) is 4. The van der Waals surface area contributed by atoms with Crippen LogP contribution >= 0.6 is 12.4 Å². The number of likely N-dealkylation sites (N-methyl/N-ethyl adjacent to an activating group) is 1. The second kappa shape index (κ2) is 11.9. The van der Waals surface area contributed by atoms with Crippen LogP contribution in [0.1, 0.15) is 19.3 Å². The van der Waals surface area contributed by atoms with Gasteiger partial charge in [0.25, 0.3) is 0 Å². The van der Waals surface area contributed by atoms with Crippen molar-refractivity contribution in [3.8, 4) is 17.2 Å². The molecule has 2 N–H and O–H groups in total. The zero-order valence-electron chi connectivity index (χ0n) is 16.3. The third-order valence-electron chi connectivity index (χ3n) is 4.67. The Morgan fingerprint density at radius 2 is 1.74 bits per heavy atom. The van der Waals surface area contributed by atoms with Gasteiger partial charge in [0, 0.05) is 45.0 Å². The average molecular weight is 403 g/mol. The molecule has 1 saturated heterocycles. The molecule has 0 bridgehead atoms. The van der Waals surface area contributed by atoms with E-state index in [9.17, 15) is 4.79 Å². The fraction of sp³-hybridized carbons (Fsp3) is 0.632. The normalized spacial score (nSPS) is 15.4. The lowest BCUT2D eigenvalue weighted by atomic mass is 9.91.